The molecule has 118 valence electrons. The van der Waals surface area contributed by atoms with Crippen molar-refractivity contribution >= 4 is 0 Å². The van der Waals surface area contributed by atoms with Gasteiger partial charge in [0.1, 0.15) is 0 Å². The molecule has 0 bridgehead atoms. The summed E-state index contributed by atoms with van der Waals surface area (Å²) in [5.74, 6) is 0. The number of ether oxygens (including phenoxy) is 1. The molecular formula is C19H31NO. The third kappa shape index (κ3) is 4.55. The van der Waals surface area contributed by atoms with Crippen molar-refractivity contribution < 1.29 is 4.74 Å². The number of hydrogen-bond acceptors (Lipinski definition) is 2. The van der Waals surface area contributed by atoms with Gasteiger partial charge in [-0.15, -0.1) is 0 Å². The van der Waals surface area contributed by atoms with Crippen LogP contribution in [-0.4, -0.2) is 24.8 Å². The van der Waals surface area contributed by atoms with Crippen LogP contribution in [0.2, 0.25) is 0 Å². The normalized spacial score (nSPS) is 24.0. The second kappa shape index (κ2) is 7.42. The maximum atomic E-state index is 6.19. The Labute approximate surface area is 130 Å². The third-order valence-electron chi connectivity index (χ3n) is 4.60. The second-order valence-corrected chi connectivity index (χ2v) is 6.83. The summed E-state index contributed by atoms with van der Waals surface area (Å²) in [5.41, 5.74) is 4.12. The van der Waals surface area contributed by atoms with E-state index in [1.54, 1.807) is 0 Å². The van der Waals surface area contributed by atoms with Gasteiger partial charge in [0.25, 0.3) is 0 Å². The molecule has 2 unspecified atom stereocenters. The fourth-order valence-electron chi connectivity index (χ4n) is 3.48. The van der Waals surface area contributed by atoms with Crippen LogP contribution >= 0.6 is 0 Å². The Balaban J connectivity index is 2.15. The first kappa shape index (κ1) is 16.5. The van der Waals surface area contributed by atoms with Crippen molar-refractivity contribution in [2.24, 2.45) is 0 Å². The van der Waals surface area contributed by atoms with E-state index in [1.807, 2.05) is 0 Å². The first-order valence-corrected chi connectivity index (χ1v) is 8.48. The molecule has 2 nitrogen and oxygen atoms in total. The van der Waals surface area contributed by atoms with Gasteiger partial charge in [-0.1, -0.05) is 36.2 Å². The lowest BCUT2D eigenvalue weighted by Crippen LogP contribution is -2.53. The average molecular weight is 289 g/mol. The highest BCUT2D eigenvalue weighted by atomic mass is 16.5. The van der Waals surface area contributed by atoms with E-state index in [0.717, 1.165) is 19.6 Å². The molecule has 0 spiro atoms. The van der Waals surface area contributed by atoms with Gasteiger partial charge in [-0.05, 0) is 65.0 Å². The summed E-state index contributed by atoms with van der Waals surface area (Å²) in [5, 5.41) is 3.74. The number of benzene rings is 1. The van der Waals surface area contributed by atoms with E-state index in [4.69, 9.17) is 4.74 Å². The van der Waals surface area contributed by atoms with Crippen molar-refractivity contribution in [3.63, 3.8) is 0 Å². The highest BCUT2D eigenvalue weighted by Crippen LogP contribution is 2.30. The van der Waals surface area contributed by atoms with Crippen molar-refractivity contribution in [3.05, 3.63) is 34.9 Å². The van der Waals surface area contributed by atoms with Crippen LogP contribution < -0.4 is 5.32 Å². The van der Waals surface area contributed by atoms with Crippen molar-refractivity contribution in [3.8, 4) is 0 Å². The van der Waals surface area contributed by atoms with Gasteiger partial charge in [-0.2, -0.15) is 0 Å². The number of nitrogens with one attached hydrogen (secondary N) is 1. The van der Waals surface area contributed by atoms with E-state index in [0.29, 0.717) is 6.04 Å². The lowest BCUT2D eigenvalue weighted by Gasteiger charge is -2.41. The van der Waals surface area contributed by atoms with Crippen LogP contribution in [0.15, 0.2) is 18.2 Å². The molecule has 0 aliphatic carbocycles. The molecule has 0 amide bonds. The molecule has 2 heteroatoms. The third-order valence-corrected chi connectivity index (χ3v) is 4.60. The second-order valence-electron chi connectivity index (χ2n) is 6.83. The molecule has 1 aromatic carbocycles. The predicted molar refractivity (Wildman–Crippen MR) is 89.9 cm³/mol. The Bertz CT molecular complexity index is 429. The molecule has 1 aliphatic heterocycles. The minimum atomic E-state index is -0.0227. The summed E-state index contributed by atoms with van der Waals surface area (Å²) in [6.45, 7) is 10.9. The quantitative estimate of drug-likeness (QED) is 0.848. The molecule has 1 saturated heterocycles. The SMILES string of the molecule is CCCNC(Cc1cc(C)cc(C)c1)C1(C)CCCCO1. The van der Waals surface area contributed by atoms with E-state index in [9.17, 15) is 0 Å². The molecule has 1 N–H and O–H groups in total. The maximum Gasteiger partial charge on any atom is 0.0810 e. The molecule has 2 atom stereocenters. The van der Waals surface area contributed by atoms with Crippen LogP contribution in [0.1, 0.15) is 56.2 Å². The molecule has 0 saturated carbocycles. The Kier molecular flexibility index (Phi) is 5.83. The van der Waals surface area contributed by atoms with E-state index in [2.05, 4.69) is 51.2 Å². The first-order valence-electron chi connectivity index (χ1n) is 8.48. The Morgan fingerprint density at radius 3 is 2.48 bits per heavy atom. The van der Waals surface area contributed by atoms with Crippen LogP contribution in [0.5, 0.6) is 0 Å². The van der Waals surface area contributed by atoms with Gasteiger partial charge in [0, 0.05) is 12.6 Å². The summed E-state index contributed by atoms with van der Waals surface area (Å²) in [4.78, 5) is 0. The van der Waals surface area contributed by atoms with Crippen molar-refractivity contribution in [1.29, 1.82) is 0 Å². The van der Waals surface area contributed by atoms with E-state index in [-0.39, 0.29) is 5.60 Å². The van der Waals surface area contributed by atoms with Gasteiger partial charge in [0.05, 0.1) is 5.60 Å². The lowest BCUT2D eigenvalue weighted by molar-refractivity contribution is -0.0883. The van der Waals surface area contributed by atoms with Gasteiger partial charge in [-0.25, -0.2) is 0 Å². The molecule has 1 fully saturated rings. The van der Waals surface area contributed by atoms with Crippen molar-refractivity contribution in [2.75, 3.05) is 13.2 Å². The summed E-state index contributed by atoms with van der Waals surface area (Å²) in [7, 11) is 0. The molecule has 1 aromatic rings. The average Bonchev–Trinajstić information content (AvgIpc) is 2.43. The smallest absolute Gasteiger partial charge is 0.0810 e. The Morgan fingerprint density at radius 1 is 1.19 bits per heavy atom. The molecule has 1 heterocycles. The van der Waals surface area contributed by atoms with Gasteiger partial charge in [0.2, 0.25) is 0 Å². The highest BCUT2D eigenvalue weighted by Gasteiger charge is 2.36. The van der Waals surface area contributed by atoms with Crippen LogP contribution in [0.25, 0.3) is 0 Å². The molecule has 21 heavy (non-hydrogen) atoms. The predicted octanol–water partition coefficient (Wildman–Crippen LogP) is 4.17. The van der Waals surface area contributed by atoms with E-state index in [1.165, 1.54) is 42.4 Å². The minimum absolute atomic E-state index is 0.0227. The molecule has 2 rings (SSSR count). The Morgan fingerprint density at radius 2 is 1.90 bits per heavy atom. The molecule has 1 aliphatic rings. The van der Waals surface area contributed by atoms with Crippen LogP contribution in [0, 0.1) is 13.8 Å². The van der Waals surface area contributed by atoms with Crippen LogP contribution in [-0.2, 0) is 11.2 Å². The number of aryl methyl sites for hydroxylation is 2. The number of rotatable bonds is 6. The summed E-state index contributed by atoms with van der Waals surface area (Å²) in [6.07, 6.45) is 5.88. The monoisotopic (exact) mass is 289 g/mol. The van der Waals surface area contributed by atoms with Gasteiger partial charge in [0.15, 0.2) is 0 Å². The minimum Gasteiger partial charge on any atom is -0.374 e. The van der Waals surface area contributed by atoms with Crippen molar-refractivity contribution in [1.82, 2.24) is 5.32 Å². The fraction of sp³-hybridized carbons (Fsp3) is 0.684. The molecule has 0 aromatic heterocycles. The lowest BCUT2D eigenvalue weighted by atomic mass is 9.84. The van der Waals surface area contributed by atoms with Gasteiger partial charge in [-0.3, -0.25) is 0 Å². The summed E-state index contributed by atoms with van der Waals surface area (Å²) in [6, 6.07) is 7.29. The molecule has 0 radical (unpaired) electrons. The zero-order valence-electron chi connectivity index (χ0n) is 14.2. The summed E-state index contributed by atoms with van der Waals surface area (Å²) >= 11 is 0. The van der Waals surface area contributed by atoms with Gasteiger partial charge < -0.3 is 10.1 Å². The molecular weight excluding hydrogens is 258 g/mol. The standard InChI is InChI=1S/C19H31NO/c1-5-9-20-18(19(4)8-6-7-10-21-19)14-17-12-15(2)11-16(3)13-17/h11-13,18,20H,5-10,14H2,1-4H3. The number of hydrogen-bond donors (Lipinski definition) is 1. The van der Waals surface area contributed by atoms with Crippen LogP contribution in [0.3, 0.4) is 0 Å². The largest absolute Gasteiger partial charge is 0.374 e. The Hall–Kier alpha value is -0.860. The zero-order valence-corrected chi connectivity index (χ0v) is 14.2. The van der Waals surface area contributed by atoms with E-state index >= 15 is 0 Å². The van der Waals surface area contributed by atoms with Gasteiger partial charge >= 0.3 is 0 Å². The maximum absolute atomic E-state index is 6.19. The fourth-order valence-corrected chi connectivity index (χ4v) is 3.48. The first-order chi connectivity index (χ1) is 10.0. The van der Waals surface area contributed by atoms with E-state index < -0.39 is 0 Å². The highest BCUT2D eigenvalue weighted by molar-refractivity contribution is 5.29. The van der Waals surface area contributed by atoms with Crippen molar-refractivity contribution in [2.45, 2.75) is 71.4 Å². The summed E-state index contributed by atoms with van der Waals surface area (Å²) < 4.78 is 6.19. The van der Waals surface area contributed by atoms with Crippen LogP contribution in [0.4, 0.5) is 0 Å². The topological polar surface area (TPSA) is 21.3 Å². The zero-order chi connectivity index (χ0) is 15.3.